The molecule has 1 aliphatic carbocycles. The van der Waals surface area contributed by atoms with Crippen molar-refractivity contribution in [3.05, 3.63) is 29.8 Å². The molecule has 150 valence electrons. The van der Waals surface area contributed by atoms with E-state index in [0.717, 1.165) is 43.5 Å². The summed E-state index contributed by atoms with van der Waals surface area (Å²) in [4.78, 5) is 23.4. The van der Waals surface area contributed by atoms with Gasteiger partial charge in [-0.3, -0.25) is 4.79 Å². The van der Waals surface area contributed by atoms with Crippen LogP contribution in [0.25, 0.3) is 0 Å². The van der Waals surface area contributed by atoms with E-state index in [0.29, 0.717) is 11.8 Å². The van der Waals surface area contributed by atoms with Crippen LogP contribution in [0.4, 0.5) is 8.78 Å². The fourth-order valence-electron chi connectivity index (χ4n) is 3.13. The zero-order chi connectivity index (χ0) is 20.2. The smallest absolute Gasteiger partial charge is 0.341 e. The maximum atomic E-state index is 12.5. The molecular weight excluding hydrogens is 380 g/mol. The van der Waals surface area contributed by atoms with Gasteiger partial charge in [-0.25, -0.2) is 13.2 Å². The number of carbonyl (C=O) groups is 2. The van der Waals surface area contributed by atoms with Gasteiger partial charge in [-0.05, 0) is 42.5 Å². The molecule has 1 aromatic carbocycles. The van der Waals surface area contributed by atoms with Crippen LogP contribution in [0.3, 0.4) is 0 Å². The molecule has 0 radical (unpaired) electrons. The summed E-state index contributed by atoms with van der Waals surface area (Å²) < 4.78 is 52.6. The van der Waals surface area contributed by atoms with Crippen LogP contribution in [0.5, 0.6) is 0 Å². The maximum absolute atomic E-state index is 12.5. The summed E-state index contributed by atoms with van der Waals surface area (Å²) in [7, 11) is -4.72. The van der Waals surface area contributed by atoms with Gasteiger partial charge in [-0.15, -0.1) is 0 Å². The van der Waals surface area contributed by atoms with E-state index in [1.807, 2.05) is 0 Å². The number of nitrogens with one attached hydrogen (secondary N) is 1. The van der Waals surface area contributed by atoms with E-state index in [-0.39, 0.29) is 11.6 Å². The van der Waals surface area contributed by atoms with Crippen molar-refractivity contribution >= 4 is 21.7 Å². The third-order valence-electron chi connectivity index (χ3n) is 5.04. The lowest BCUT2D eigenvalue weighted by molar-refractivity contribution is -0.125. The van der Waals surface area contributed by atoms with Crippen LogP contribution in [0.15, 0.2) is 29.2 Å². The minimum absolute atomic E-state index is 0.0318. The van der Waals surface area contributed by atoms with E-state index >= 15 is 0 Å². The van der Waals surface area contributed by atoms with Gasteiger partial charge in [0, 0.05) is 6.04 Å². The Morgan fingerprint density at radius 2 is 1.81 bits per heavy atom. The summed E-state index contributed by atoms with van der Waals surface area (Å²) >= 11 is 0. The fraction of sp³-hybridized carbons (Fsp3) is 0.556. The SMILES string of the molecule is CC1CCCC(NC(=O)COC(=O)c2ccc(S(=O)(=O)C(F)F)cc2)C1C. The highest BCUT2D eigenvalue weighted by Gasteiger charge is 2.29. The van der Waals surface area contributed by atoms with Crippen molar-refractivity contribution in [2.24, 2.45) is 11.8 Å². The molecule has 1 aromatic rings. The first-order chi connectivity index (χ1) is 12.6. The lowest BCUT2D eigenvalue weighted by Gasteiger charge is -2.34. The predicted octanol–water partition coefficient (Wildman–Crippen LogP) is 2.78. The molecule has 1 saturated carbocycles. The summed E-state index contributed by atoms with van der Waals surface area (Å²) in [5, 5.41) is 2.87. The molecule has 1 aliphatic rings. The van der Waals surface area contributed by atoms with Crippen molar-refractivity contribution in [1.29, 1.82) is 0 Å². The van der Waals surface area contributed by atoms with Gasteiger partial charge in [0.2, 0.25) is 9.84 Å². The zero-order valence-electron chi connectivity index (χ0n) is 15.2. The normalized spacial score (nSPS) is 23.1. The standard InChI is InChI=1S/C18H23F2NO5S/c1-11-4-3-5-15(12(11)2)21-16(22)10-26-17(23)13-6-8-14(9-7-13)27(24,25)18(19)20/h6-9,11-12,15,18H,3-5,10H2,1-2H3,(H,21,22). The first-order valence-electron chi connectivity index (χ1n) is 8.71. The van der Waals surface area contributed by atoms with Crippen LogP contribution in [-0.2, 0) is 19.4 Å². The molecule has 2 rings (SSSR count). The summed E-state index contributed by atoms with van der Waals surface area (Å²) in [5.74, 6) is -3.94. The maximum Gasteiger partial charge on any atom is 0.341 e. The van der Waals surface area contributed by atoms with Crippen molar-refractivity contribution in [2.75, 3.05) is 6.61 Å². The molecule has 0 aromatic heterocycles. The molecule has 0 bridgehead atoms. The van der Waals surface area contributed by atoms with Crippen LogP contribution in [0.1, 0.15) is 43.5 Å². The van der Waals surface area contributed by atoms with Crippen molar-refractivity contribution in [3.8, 4) is 0 Å². The molecule has 1 amide bonds. The van der Waals surface area contributed by atoms with Gasteiger partial charge in [0.15, 0.2) is 6.61 Å². The summed E-state index contributed by atoms with van der Waals surface area (Å²) in [6.07, 6.45) is 3.04. The minimum atomic E-state index is -4.72. The number of esters is 1. The van der Waals surface area contributed by atoms with Gasteiger partial charge in [-0.2, -0.15) is 8.78 Å². The molecule has 0 heterocycles. The molecule has 3 atom stereocenters. The molecule has 0 aliphatic heterocycles. The second-order valence-electron chi connectivity index (χ2n) is 6.85. The first-order valence-corrected chi connectivity index (χ1v) is 10.3. The molecule has 3 unspecified atom stereocenters. The highest BCUT2D eigenvalue weighted by atomic mass is 32.2. The third-order valence-corrected chi connectivity index (χ3v) is 6.44. The molecule has 1 fully saturated rings. The molecular formula is C18H23F2NO5S. The number of ether oxygens (including phenoxy) is 1. The predicted molar refractivity (Wildman–Crippen MR) is 94.0 cm³/mol. The number of amides is 1. The van der Waals surface area contributed by atoms with Crippen LogP contribution >= 0.6 is 0 Å². The van der Waals surface area contributed by atoms with E-state index in [1.54, 1.807) is 0 Å². The highest BCUT2D eigenvalue weighted by molar-refractivity contribution is 7.91. The third kappa shape index (κ3) is 5.24. The van der Waals surface area contributed by atoms with Crippen molar-refractivity contribution < 1.29 is 31.5 Å². The Morgan fingerprint density at radius 3 is 2.41 bits per heavy atom. The number of carbonyl (C=O) groups excluding carboxylic acids is 2. The zero-order valence-corrected chi connectivity index (χ0v) is 16.0. The van der Waals surface area contributed by atoms with Crippen molar-refractivity contribution in [3.63, 3.8) is 0 Å². The first kappa shape index (κ1) is 21.3. The molecule has 0 saturated heterocycles. The monoisotopic (exact) mass is 403 g/mol. The Hall–Kier alpha value is -2.03. The lowest BCUT2D eigenvalue weighted by Crippen LogP contribution is -2.45. The molecule has 0 spiro atoms. The minimum Gasteiger partial charge on any atom is -0.452 e. The summed E-state index contributed by atoms with van der Waals surface area (Å²) in [5.41, 5.74) is -0.0318. The largest absolute Gasteiger partial charge is 0.452 e. The number of rotatable bonds is 6. The average Bonchev–Trinajstić information content (AvgIpc) is 2.63. The van der Waals surface area contributed by atoms with E-state index in [9.17, 15) is 26.8 Å². The Morgan fingerprint density at radius 1 is 1.19 bits per heavy atom. The number of hydrogen-bond donors (Lipinski definition) is 1. The summed E-state index contributed by atoms with van der Waals surface area (Å²) in [6, 6.07) is 3.99. The average molecular weight is 403 g/mol. The Kier molecular flexibility index (Phi) is 6.91. The Balaban J connectivity index is 1.89. The number of hydrogen-bond acceptors (Lipinski definition) is 5. The van der Waals surface area contributed by atoms with Gasteiger partial charge in [0.1, 0.15) is 0 Å². The van der Waals surface area contributed by atoms with Crippen LogP contribution in [-0.4, -0.2) is 38.7 Å². The van der Waals surface area contributed by atoms with E-state index < -0.39 is 39.0 Å². The quantitative estimate of drug-likeness (QED) is 0.738. The van der Waals surface area contributed by atoms with Crippen molar-refractivity contribution in [2.45, 2.75) is 49.8 Å². The van der Waals surface area contributed by atoms with Gasteiger partial charge in [0.25, 0.3) is 5.91 Å². The second kappa shape index (κ2) is 8.77. The fourth-order valence-corrected chi connectivity index (χ4v) is 3.85. The summed E-state index contributed by atoms with van der Waals surface area (Å²) in [6.45, 7) is 3.75. The van der Waals surface area contributed by atoms with Gasteiger partial charge in [0.05, 0.1) is 10.5 Å². The van der Waals surface area contributed by atoms with E-state index in [1.165, 1.54) is 0 Å². The van der Waals surface area contributed by atoms with Gasteiger partial charge >= 0.3 is 11.7 Å². The highest BCUT2D eigenvalue weighted by Crippen LogP contribution is 2.29. The lowest BCUT2D eigenvalue weighted by atomic mass is 9.78. The molecule has 1 N–H and O–H groups in total. The molecule has 27 heavy (non-hydrogen) atoms. The number of halogens is 2. The topological polar surface area (TPSA) is 89.5 Å². The van der Waals surface area contributed by atoms with Crippen LogP contribution in [0.2, 0.25) is 0 Å². The molecule has 9 heteroatoms. The van der Waals surface area contributed by atoms with Crippen LogP contribution < -0.4 is 5.32 Å². The van der Waals surface area contributed by atoms with Crippen molar-refractivity contribution in [1.82, 2.24) is 5.32 Å². The second-order valence-corrected chi connectivity index (χ2v) is 8.77. The molecule has 6 nitrogen and oxygen atoms in total. The van der Waals surface area contributed by atoms with Crippen LogP contribution in [0, 0.1) is 11.8 Å². The Labute approximate surface area is 157 Å². The van der Waals surface area contributed by atoms with Gasteiger partial charge < -0.3 is 10.1 Å². The van der Waals surface area contributed by atoms with Gasteiger partial charge in [-0.1, -0.05) is 26.7 Å². The number of benzene rings is 1. The van der Waals surface area contributed by atoms with E-state index in [4.69, 9.17) is 4.74 Å². The van der Waals surface area contributed by atoms with E-state index in [2.05, 4.69) is 19.2 Å². The number of sulfone groups is 1. The number of alkyl halides is 2. The Bertz CT molecular complexity index is 779.